The quantitative estimate of drug-likeness (QED) is 0.816. The van der Waals surface area contributed by atoms with Crippen LogP contribution in [0, 0.1) is 18.3 Å². The average molecular weight is 237 g/mol. The molecule has 3 nitrogen and oxygen atoms in total. The maximum absolute atomic E-state index is 9.12. The van der Waals surface area contributed by atoms with Crippen LogP contribution in [0.2, 0.25) is 0 Å². The number of hydrogen-bond donors (Lipinski definition) is 1. The molecule has 18 heavy (non-hydrogen) atoms. The molecule has 0 amide bonds. The van der Waals surface area contributed by atoms with Gasteiger partial charge >= 0.3 is 0 Å². The molecular weight excluding hydrogens is 222 g/mol. The van der Waals surface area contributed by atoms with E-state index < -0.39 is 0 Å². The summed E-state index contributed by atoms with van der Waals surface area (Å²) in [7, 11) is 1.93. The topological polar surface area (TPSA) is 53.0 Å². The molecule has 0 aliphatic carbocycles. The average Bonchev–Trinajstić information content (AvgIpc) is 2.36. The number of anilines is 3. The van der Waals surface area contributed by atoms with Crippen LogP contribution >= 0.6 is 0 Å². The third-order valence-electron chi connectivity index (χ3n) is 2.86. The summed E-state index contributed by atoms with van der Waals surface area (Å²) in [4.78, 5) is 1.97. The molecular formula is C15H15N3. The van der Waals surface area contributed by atoms with Crippen molar-refractivity contribution in [3.8, 4) is 6.07 Å². The number of nitrogens with two attached hydrogens (primary N) is 1. The zero-order chi connectivity index (χ0) is 13.1. The van der Waals surface area contributed by atoms with Gasteiger partial charge in [-0.25, -0.2) is 0 Å². The van der Waals surface area contributed by atoms with E-state index in [2.05, 4.69) is 6.07 Å². The summed E-state index contributed by atoms with van der Waals surface area (Å²) in [6.07, 6.45) is 0. The lowest BCUT2D eigenvalue weighted by molar-refractivity contribution is 1.19. The highest BCUT2D eigenvalue weighted by atomic mass is 15.1. The molecule has 0 aliphatic rings. The Morgan fingerprint density at radius 3 is 2.56 bits per heavy atom. The first-order chi connectivity index (χ1) is 8.61. The molecule has 0 saturated heterocycles. The van der Waals surface area contributed by atoms with Gasteiger partial charge in [-0.15, -0.1) is 0 Å². The van der Waals surface area contributed by atoms with Gasteiger partial charge in [0.15, 0.2) is 0 Å². The molecule has 0 unspecified atom stereocenters. The number of nitriles is 1. The fraction of sp³-hybridized carbons (Fsp3) is 0.133. The number of nitrogens with zero attached hydrogens (tertiary/aromatic N) is 2. The van der Waals surface area contributed by atoms with Crippen LogP contribution in [-0.2, 0) is 0 Å². The van der Waals surface area contributed by atoms with Gasteiger partial charge in [-0.2, -0.15) is 5.26 Å². The summed E-state index contributed by atoms with van der Waals surface area (Å²) in [5.41, 5.74) is 10.2. The molecule has 90 valence electrons. The first-order valence-electron chi connectivity index (χ1n) is 5.72. The van der Waals surface area contributed by atoms with Gasteiger partial charge < -0.3 is 10.6 Å². The molecule has 0 bridgehead atoms. The van der Waals surface area contributed by atoms with Crippen molar-refractivity contribution in [2.45, 2.75) is 6.92 Å². The van der Waals surface area contributed by atoms with Gasteiger partial charge in [-0.3, -0.25) is 0 Å². The Morgan fingerprint density at radius 1 is 1.17 bits per heavy atom. The third-order valence-corrected chi connectivity index (χ3v) is 2.86. The minimum absolute atomic E-state index is 0.653. The molecule has 0 spiro atoms. The Kier molecular flexibility index (Phi) is 3.20. The monoisotopic (exact) mass is 237 g/mol. The molecule has 0 radical (unpaired) electrons. The smallest absolute Gasteiger partial charge is 0.101 e. The van der Waals surface area contributed by atoms with Crippen molar-refractivity contribution < 1.29 is 0 Å². The minimum Gasteiger partial charge on any atom is -0.399 e. The summed E-state index contributed by atoms with van der Waals surface area (Å²) in [6, 6.07) is 15.6. The fourth-order valence-corrected chi connectivity index (χ4v) is 1.99. The molecule has 3 heteroatoms. The van der Waals surface area contributed by atoms with Gasteiger partial charge in [0.05, 0.1) is 11.3 Å². The highest BCUT2D eigenvalue weighted by Gasteiger charge is 2.09. The van der Waals surface area contributed by atoms with Crippen LogP contribution in [0.5, 0.6) is 0 Å². The Bertz CT molecular complexity index is 591. The molecule has 0 saturated carbocycles. The second kappa shape index (κ2) is 4.80. The SMILES string of the molecule is Cc1cc(N)cc(N(C)c2ccccc2C#N)c1. The van der Waals surface area contributed by atoms with Crippen LogP contribution in [0.1, 0.15) is 11.1 Å². The molecule has 0 heterocycles. The zero-order valence-corrected chi connectivity index (χ0v) is 10.5. The molecule has 0 aliphatic heterocycles. The van der Waals surface area contributed by atoms with Crippen molar-refractivity contribution >= 4 is 17.1 Å². The zero-order valence-electron chi connectivity index (χ0n) is 10.5. The molecule has 2 rings (SSSR count). The van der Waals surface area contributed by atoms with Crippen LogP contribution in [-0.4, -0.2) is 7.05 Å². The van der Waals surface area contributed by atoms with Crippen molar-refractivity contribution in [1.82, 2.24) is 0 Å². The summed E-state index contributed by atoms with van der Waals surface area (Å²) < 4.78 is 0. The van der Waals surface area contributed by atoms with E-state index in [-0.39, 0.29) is 0 Å². The number of benzene rings is 2. The van der Waals surface area contributed by atoms with E-state index in [1.165, 1.54) is 0 Å². The van der Waals surface area contributed by atoms with Crippen molar-refractivity contribution in [1.29, 1.82) is 5.26 Å². The van der Waals surface area contributed by atoms with E-state index in [0.29, 0.717) is 5.56 Å². The van der Waals surface area contributed by atoms with Crippen molar-refractivity contribution in [3.05, 3.63) is 53.6 Å². The van der Waals surface area contributed by atoms with E-state index in [1.807, 2.05) is 61.3 Å². The van der Waals surface area contributed by atoms with E-state index >= 15 is 0 Å². The van der Waals surface area contributed by atoms with Crippen LogP contribution in [0.15, 0.2) is 42.5 Å². The first kappa shape index (κ1) is 12.0. The molecule has 2 aromatic carbocycles. The summed E-state index contributed by atoms with van der Waals surface area (Å²) in [5, 5.41) is 9.12. The lowest BCUT2D eigenvalue weighted by Gasteiger charge is -2.21. The van der Waals surface area contributed by atoms with Crippen LogP contribution in [0.4, 0.5) is 17.1 Å². The largest absolute Gasteiger partial charge is 0.399 e. The Morgan fingerprint density at radius 2 is 1.89 bits per heavy atom. The van der Waals surface area contributed by atoms with E-state index in [0.717, 1.165) is 22.6 Å². The lowest BCUT2D eigenvalue weighted by atomic mass is 10.1. The number of rotatable bonds is 2. The third kappa shape index (κ3) is 2.28. The van der Waals surface area contributed by atoms with Crippen molar-refractivity contribution in [2.24, 2.45) is 0 Å². The number of nitrogen functional groups attached to an aromatic ring is 1. The summed E-state index contributed by atoms with van der Waals surface area (Å²) in [6.45, 7) is 2.00. The maximum atomic E-state index is 9.12. The molecule has 0 fully saturated rings. The number of para-hydroxylation sites is 1. The second-order valence-electron chi connectivity index (χ2n) is 4.29. The minimum atomic E-state index is 0.653. The predicted molar refractivity (Wildman–Crippen MR) is 74.8 cm³/mol. The molecule has 2 aromatic rings. The normalized spacial score (nSPS) is 9.83. The van der Waals surface area contributed by atoms with E-state index in [9.17, 15) is 0 Å². The highest BCUT2D eigenvalue weighted by Crippen LogP contribution is 2.28. The van der Waals surface area contributed by atoms with Crippen LogP contribution < -0.4 is 10.6 Å². The van der Waals surface area contributed by atoms with Crippen molar-refractivity contribution in [3.63, 3.8) is 0 Å². The second-order valence-corrected chi connectivity index (χ2v) is 4.29. The van der Waals surface area contributed by atoms with Crippen molar-refractivity contribution in [2.75, 3.05) is 17.7 Å². The summed E-state index contributed by atoms with van der Waals surface area (Å²) >= 11 is 0. The predicted octanol–water partition coefficient (Wildman–Crippen LogP) is 3.22. The van der Waals surface area contributed by atoms with Gasteiger partial charge in [0.2, 0.25) is 0 Å². The van der Waals surface area contributed by atoms with Gasteiger partial charge in [-0.1, -0.05) is 12.1 Å². The van der Waals surface area contributed by atoms with Gasteiger partial charge in [0.25, 0.3) is 0 Å². The van der Waals surface area contributed by atoms with E-state index in [1.54, 1.807) is 0 Å². The molecule has 0 atom stereocenters. The first-order valence-corrected chi connectivity index (χ1v) is 5.72. The highest BCUT2D eigenvalue weighted by molar-refractivity contribution is 5.71. The standard InChI is InChI=1S/C15H15N3/c1-11-7-13(17)9-14(8-11)18(2)15-6-4-3-5-12(15)10-16/h3-9H,17H2,1-2H3. The van der Waals surface area contributed by atoms with Gasteiger partial charge in [0.1, 0.15) is 6.07 Å². The van der Waals surface area contributed by atoms with Gasteiger partial charge in [-0.05, 0) is 42.8 Å². The number of aryl methyl sites for hydroxylation is 1. The summed E-state index contributed by atoms with van der Waals surface area (Å²) in [5.74, 6) is 0. The van der Waals surface area contributed by atoms with Gasteiger partial charge in [0, 0.05) is 18.4 Å². The van der Waals surface area contributed by atoms with Crippen LogP contribution in [0.25, 0.3) is 0 Å². The number of hydrogen-bond acceptors (Lipinski definition) is 3. The molecule has 2 N–H and O–H groups in total. The van der Waals surface area contributed by atoms with E-state index in [4.69, 9.17) is 11.0 Å². The Balaban J connectivity index is 2.48. The maximum Gasteiger partial charge on any atom is 0.101 e. The lowest BCUT2D eigenvalue weighted by Crippen LogP contribution is -2.11. The fourth-order valence-electron chi connectivity index (χ4n) is 1.99. The molecule has 0 aromatic heterocycles. The van der Waals surface area contributed by atoms with Crippen LogP contribution in [0.3, 0.4) is 0 Å². The Hall–Kier alpha value is -2.47. The Labute approximate surface area is 107 Å².